The number of ether oxygens (including phenoxy) is 1. The molecule has 0 N–H and O–H groups in total. The van der Waals surface area contributed by atoms with E-state index in [2.05, 4.69) is 0 Å². The zero-order chi connectivity index (χ0) is 19.1. The third-order valence-corrected chi connectivity index (χ3v) is 7.07. The Morgan fingerprint density at radius 2 is 1.85 bits per heavy atom. The van der Waals surface area contributed by atoms with Gasteiger partial charge in [0.25, 0.3) is 0 Å². The summed E-state index contributed by atoms with van der Waals surface area (Å²) in [5.74, 6) is -2.69. The smallest absolute Gasteiger partial charge is 0.181 e. The Morgan fingerprint density at radius 3 is 2.46 bits per heavy atom. The molecule has 1 aliphatic carbocycles. The molecule has 1 aromatic rings. The van der Waals surface area contributed by atoms with Crippen LogP contribution in [0.5, 0.6) is 0 Å². The lowest BCUT2D eigenvalue weighted by Crippen LogP contribution is -2.36. The monoisotopic (exact) mass is 378 g/mol. The van der Waals surface area contributed by atoms with Crippen molar-refractivity contribution in [3.05, 3.63) is 28.8 Å². The van der Waals surface area contributed by atoms with Gasteiger partial charge in [-0.3, -0.25) is 14.4 Å². The van der Waals surface area contributed by atoms with Crippen LogP contribution < -0.4 is 0 Å². The van der Waals surface area contributed by atoms with Crippen molar-refractivity contribution in [2.24, 2.45) is 5.92 Å². The van der Waals surface area contributed by atoms with Gasteiger partial charge < -0.3 is 4.74 Å². The van der Waals surface area contributed by atoms with Crippen LogP contribution in [-0.2, 0) is 24.2 Å². The van der Waals surface area contributed by atoms with Gasteiger partial charge in [-0.15, -0.1) is 0 Å². The van der Waals surface area contributed by atoms with E-state index in [1.165, 1.54) is 6.07 Å². The summed E-state index contributed by atoms with van der Waals surface area (Å²) in [5, 5.41) is 0. The van der Waals surface area contributed by atoms with Gasteiger partial charge in [0, 0.05) is 25.0 Å². The van der Waals surface area contributed by atoms with Crippen LogP contribution in [-0.4, -0.2) is 38.1 Å². The topological polar surface area (TPSA) is 94.6 Å². The van der Waals surface area contributed by atoms with E-state index in [9.17, 15) is 22.8 Å². The van der Waals surface area contributed by atoms with Crippen molar-refractivity contribution in [2.45, 2.75) is 50.5 Å². The molecule has 0 amide bonds. The minimum absolute atomic E-state index is 0.0512. The molecule has 1 atom stereocenters. The molecule has 1 unspecified atom stereocenters. The van der Waals surface area contributed by atoms with Crippen molar-refractivity contribution in [3.63, 3.8) is 0 Å². The molecule has 26 heavy (non-hydrogen) atoms. The summed E-state index contributed by atoms with van der Waals surface area (Å²) in [7, 11) is -3.54. The number of benzene rings is 1. The number of hydrogen-bond donors (Lipinski definition) is 0. The molecule has 3 rings (SSSR count). The Kier molecular flexibility index (Phi) is 5.12. The first kappa shape index (κ1) is 18.9. The highest BCUT2D eigenvalue weighted by Crippen LogP contribution is 2.38. The largest absolute Gasteiger partial charge is 0.374 e. The standard InChI is InChI=1S/C19H22O6S/c1-3-25-16-9-10-26(23,24)19-11(2)12(7-8-13(16)19)18(22)17-14(20)5-4-6-15(17)21/h7-8,16-17H,3-6,9-10H2,1-2H3. The molecule has 1 heterocycles. The second-order valence-electron chi connectivity index (χ2n) is 6.79. The normalized spacial score (nSPS) is 22.9. The van der Waals surface area contributed by atoms with Crippen LogP contribution >= 0.6 is 0 Å². The van der Waals surface area contributed by atoms with E-state index in [4.69, 9.17) is 4.74 Å². The maximum atomic E-state index is 12.9. The van der Waals surface area contributed by atoms with E-state index in [1.54, 1.807) is 13.0 Å². The number of carbonyl (C=O) groups is 3. The Bertz CT molecular complexity index is 868. The summed E-state index contributed by atoms with van der Waals surface area (Å²) in [6.07, 6.45) is 0.914. The zero-order valence-electron chi connectivity index (χ0n) is 14.9. The van der Waals surface area contributed by atoms with E-state index in [1.807, 2.05) is 6.92 Å². The van der Waals surface area contributed by atoms with Crippen molar-refractivity contribution in [1.82, 2.24) is 0 Å². The molecule has 1 fully saturated rings. The van der Waals surface area contributed by atoms with Gasteiger partial charge >= 0.3 is 0 Å². The summed E-state index contributed by atoms with van der Waals surface area (Å²) < 4.78 is 30.9. The van der Waals surface area contributed by atoms with Gasteiger partial charge in [-0.05, 0) is 37.8 Å². The van der Waals surface area contributed by atoms with Gasteiger partial charge in [0.2, 0.25) is 0 Å². The van der Waals surface area contributed by atoms with Crippen molar-refractivity contribution < 1.29 is 27.5 Å². The highest BCUT2D eigenvalue weighted by atomic mass is 32.2. The first-order chi connectivity index (χ1) is 12.3. The van der Waals surface area contributed by atoms with Crippen LogP contribution in [0.2, 0.25) is 0 Å². The Morgan fingerprint density at radius 1 is 1.19 bits per heavy atom. The lowest BCUT2D eigenvalue weighted by atomic mass is 9.80. The van der Waals surface area contributed by atoms with E-state index in [-0.39, 0.29) is 46.7 Å². The van der Waals surface area contributed by atoms with E-state index >= 15 is 0 Å². The Hall–Kier alpha value is -1.86. The molecule has 0 radical (unpaired) electrons. The Labute approximate surface area is 152 Å². The molecule has 0 saturated heterocycles. The third kappa shape index (κ3) is 3.14. The minimum Gasteiger partial charge on any atom is -0.374 e. The fourth-order valence-electron chi connectivity index (χ4n) is 3.89. The molecule has 1 saturated carbocycles. The molecule has 7 heteroatoms. The highest BCUT2D eigenvalue weighted by molar-refractivity contribution is 7.91. The van der Waals surface area contributed by atoms with Crippen LogP contribution in [0.3, 0.4) is 0 Å². The number of ketones is 3. The molecule has 0 spiro atoms. The maximum Gasteiger partial charge on any atom is 0.181 e. The lowest BCUT2D eigenvalue weighted by Gasteiger charge is -2.28. The number of carbonyl (C=O) groups excluding carboxylic acids is 3. The molecular formula is C19H22O6S. The van der Waals surface area contributed by atoms with Crippen molar-refractivity contribution >= 4 is 27.2 Å². The van der Waals surface area contributed by atoms with Gasteiger partial charge in [-0.2, -0.15) is 0 Å². The summed E-state index contributed by atoms with van der Waals surface area (Å²) >= 11 is 0. The van der Waals surface area contributed by atoms with Crippen LogP contribution in [0.15, 0.2) is 17.0 Å². The number of sulfone groups is 1. The van der Waals surface area contributed by atoms with Crippen LogP contribution in [0.1, 0.15) is 60.2 Å². The SMILES string of the molecule is CCOC1CCS(=O)(=O)c2c1ccc(C(=O)C1C(=O)CCCC1=O)c2C. The van der Waals surface area contributed by atoms with Crippen LogP contribution in [0.4, 0.5) is 0 Å². The second-order valence-corrected chi connectivity index (χ2v) is 8.84. The average Bonchev–Trinajstić information content (AvgIpc) is 2.57. The lowest BCUT2D eigenvalue weighted by molar-refractivity contribution is -0.133. The van der Waals surface area contributed by atoms with Gasteiger partial charge in [0.15, 0.2) is 27.2 Å². The molecule has 140 valence electrons. The van der Waals surface area contributed by atoms with E-state index in [0.29, 0.717) is 30.6 Å². The van der Waals surface area contributed by atoms with E-state index < -0.39 is 21.5 Å². The van der Waals surface area contributed by atoms with Gasteiger partial charge in [0.05, 0.1) is 16.8 Å². The maximum absolute atomic E-state index is 12.9. The number of fused-ring (bicyclic) bond motifs is 1. The zero-order valence-corrected chi connectivity index (χ0v) is 15.7. The van der Waals surface area contributed by atoms with Gasteiger partial charge in [-0.25, -0.2) is 8.42 Å². The fourth-order valence-corrected chi connectivity index (χ4v) is 5.76. The minimum atomic E-state index is -3.54. The highest BCUT2D eigenvalue weighted by Gasteiger charge is 2.39. The molecule has 0 bridgehead atoms. The first-order valence-corrected chi connectivity index (χ1v) is 10.5. The molecule has 1 aliphatic heterocycles. The molecular weight excluding hydrogens is 356 g/mol. The molecule has 6 nitrogen and oxygen atoms in total. The van der Waals surface area contributed by atoms with Gasteiger partial charge in [0.1, 0.15) is 5.92 Å². The predicted molar refractivity (Wildman–Crippen MR) is 93.9 cm³/mol. The van der Waals surface area contributed by atoms with Crippen LogP contribution in [0, 0.1) is 12.8 Å². The predicted octanol–water partition coefficient (Wildman–Crippen LogP) is 2.37. The summed E-state index contributed by atoms with van der Waals surface area (Å²) in [4.78, 5) is 37.2. The fraction of sp³-hybridized carbons (Fsp3) is 0.526. The number of hydrogen-bond acceptors (Lipinski definition) is 6. The molecule has 1 aromatic carbocycles. The van der Waals surface area contributed by atoms with E-state index in [0.717, 1.165) is 0 Å². The summed E-state index contributed by atoms with van der Waals surface area (Å²) in [6, 6.07) is 3.11. The quantitative estimate of drug-likeness (QED) is 0.590. The van der Waals surface area contributed by atoms with Crippen LogP contribution in [0.25, 0.3) is 0 Å². The van der Waals surface area contributed by atoms with Crippen molar-refractivity contribution in [3.8, 4) is 0 Å². The van der Waals surface area contributed by atoms with Crippen molar-refractivity contribution in [2.75, 3.05) is 12.4 Å². The first-order valence-electron chi connectivity index (χ1n) is 8.85. The number of Topliss-reactive ketones (excluding diaryl/α,β-unsaturated/α-hetero) is 3. The summed E-state index contributed by atoms with van der Waals surface area (Å²) in [5.41, 5.74) is 0.995. The van der Waals surface area contributed by atoms with Crippen molar-refractivity contribution in [1.29, 1.82) is 0 Å². The molecule has 0 aromatic heterocycles. The average molecular weight is 378 g/mol. The van der Waals surface area contributed by atoms with Gasteiger partial charge in [-0.1, -0.05) is 12.1 Å². The Balaban J connectivity index is 2.10. The summed E-state index contributed by atoms with van der Waals surface area (Å²) in [6.45, 7) is 3.86. The second kappa shape index (κ2) is 7.04. The number of rotatable bonds is 4. The third-order valence-electron chi connectivity index (χ3n) is 5.13. The molecule has 2 aliphatic rings.